The summed E-state index contributed by atoms with van der Waals surface area (Å²) in [5.74, 6) is 0.667. The number of anilines is 1. The first-order valence-electron chi connectivity index (χ1n) is 6.29. The van der Waals surface area contributed by atoms with Gasteiger partial charge < -0.3 is 29.9 Å². The number of nitrogens with zero attached hydrogens (tertiary/aromatic N) is 3. The van der Waals surface area contributed by atoms with E-state index in [2.05, 4.69) is 15.3 Å². The van der Waals surface area contributed by atoms with E-state index in [-0.39, 0.29) is 6.61 Å². The van der Waals surface area contributed by atoms with E-state index in [1.165, 1.54) is 6.33 Å². The molecule has 3 rings (SSSR count). The minimum Gasteiger partial charge on any atom is -0.394 e. The Morgan fingerprint density at radius 2 is 2.15 bits per heavy atom. The maximum Gasteiger partial charge on any atom is 0.164 e. The van der Waals surface area contributed by atoms with Crippen molar-refractivity contribution < 1.29 is 20.1 Å². The standard InChI is InChI=1S/C12H16N4O4/c1-13-10-6-2-3-16(11(6)15-5-14-10)12-9(19)8(18)7(4-17)20-12/h2-3,5,7-9,12,17-19H,4H2,1H3,(H,13,14,15)/t7-,8+,9+,12+/m0/s1. The molecule has 3 heterocycles. The zero-order chi connectivity index (χ0) is 14.3. The summed E-state index contributed by atoms with van der Waals surface area (Å²) in [6, 6.07) is 1.80. The predicted molar refractivity (Wildman–Crippen MR) is 70.1 cm³/mol. The fourth-order valence-corrected chi connectivity index (χ4v) is 2.49. The second kappa shape index (κ2) is 4.98. The van der Waals surface area contributed by atoms with E-state index in [9.17, 15) is 10.2 Å². The molecule has 8 nitrogen and oxygen atoms in total. The Balaban J connectivity index is 2.03. The van der Waals surface area contributed by atoms with Crippen molar-refractivity contribution >= 4 is 16.9 Å². The SMILES string of the molecule is CNc1ncnc2c1ccn2[C@@H]1O[C@@H](CO)[C@@H](O)[C@H]1O. The number of aliphatic hydroxyl groups excluding tert-OH is 3. The number of aromatic nitrogens is 3. The molecule has 0 amide bonds. The summed E-state index contributed by atoms with van der Waals surface area (Å²) >= 11 is 0. The van der Waals surface area contributed by atoms with Crippen molar-refractivity contribution in [2.24, 2.45) is 0 Å². The van der Waals surface area contributed by atoms with Crippen molar-refractivity contribution in [1.82, 2.24) is 14.5 Å². The van der Waals surface area contributed by atoms with Gasteiger partial charge in [0.05, 0.1) is 12.0 Å². The molecule has 0 aliphatic carbocycles. The van der Waals surface area contributed by atoms with Crippen LogP contribution in [0.5, 0.6) is 0 Å². The molecule has 1 saturated heterocycles. The fourth-order valence-electron chi connectivity index (χ4n) is 2.49. The lowest BCUT2D eigenvalue weighted by Gasteiger charge is -2.17. The Labute approximate surface area is 114 Å². The van der Waals surface area contributed by atoms with Gasteiger partial charge in [-0.2, -0.15) is 0 Å². The van der Waals surface area contributed by atoms with Gasteiger partial charge in [-0.25, -0.2) is 9.97 Å². The van der Waals surface area contributed by atoms with E-state index in [0.717, 1.165) is 5.39 Å². The van der Waals surface area contributed by atoms with Crippen LogP contribution in [0.4, 0.5) is 5.82 Å². The maximum atomic E-state index is 10.1. The molecular formula is C12H16N4O4. The molecule has 0 bridgehead atoms. The molecule has 108 valence electrons. The molecule has 0 unspecified atom stereocenters. The molecule has 8 heteroatoms. The normalized spacial score (nSPS) is 30.0. The van der Waals surface area contributed by atoms with Crippen LogP contribution in [0.25, 0.3) is 11.0 Å². The number of ether oxygens (including phenoxy) is 1. The minimum atomic E-state index is -1.13. The highest BCUT2D eigenvalue weighted by Crippen LogP contribution is 2.32. The monoisotopic (exact) mass is 280 g/mol. The van der Waals surface area contributed by atoms with Crippen molar-refractivity contribution in [3.63, 3.8) is 0 Å². The zero-order valence-corrected chi connectivity index (χ0v) is 10.8. The Kier molecular flexibility index (Phi) is 3.30. The van der Waals surface area contributed by atoms with Gasteiger partial charge in [-0.15, -0.1) is 0 Å². The van der Waals surface area contributed by atoms with Gasteiger partial charge in [0.2, 0.25) is 0 Å². The second-order valence-corrected chi connectivity index (χ2v) is 4.66. The molecule has 4 N–H and O–H groups in total. The van der Waals surface area contributed by atoms with Gasteiger partial charge in [-0.05, 0) is 6.07 Å². The minimum absolute atomic E-state index is 0.356. The summed E-state index contributed by atoms with van der Waals surface area (Å²) in [5.41, 5.74) is 0.583. The number of hydrogen-bond donors (Lipinski definition) is 4. The Bertz CT molecular complexity index is 617. The van der Waals surface area contributed by atoms with Crippen molar-refractivity contribution in [3.05, 3.63) is 18.6 Å². The quantitative estimate of drug-likeness (QED) is 0.575. The van der Waals surface area contributed by atoms with E-state index >= 15 is 0 Å². The molecule has 4 atom stereocenters. The van der Waals surface area contributed by atoms with Crippen LogP contribution in [-0.4, -0.2) is 61.8 Å². The average molecular weight is 280 g/mol. The summed E-state index contributed by atoms with van der Waals surface area (Å²) in [7, 11) is 1.76. The van der Waals surface area contributed by atoms with E-state index in [1.54, 1.807) is 23.9 Å². The van der Waals surface area contributed by atoms with Crippen molar-refractivity contribution in [3.8, 4) is 0 Å². The summed E-state index contributed by atoms with van der Waals surface area (Å²) in [6.45, 7) is -0.356. The Morgan fingerprint density at radius 3 is 2.80 bits per heavy atom. The summed E-state index contributed by atoms with van der Waals surface area (Å²) < 4.78 is 7.12. The topological polar surface area (TPSA) is 113 Å². The van der Waals surface area contributed by atoms with Gasteiger partial charge in [0.1, 0.15) is 36.1 Å². The number of nitrogens with one attached hydrogen (secondary N) is 1. The lowest BCUT2D eigenvalue weighted by atomic mass is 10.1. The van der Waals surface area contributed by atoms with E-state index in [4.69, 9.17) is 9.84 Å². The van der Waals surface area contributed by atoms with Crippen LogP contribution in [0.3, 0.4) is 0 Å². The van der Waals surface area contributed by atoms with E-state index in [0.29, 0.717) is 11.5 Å². The van der Waals surface area contributed by atoms with E-state index in [1.807, 2.05) is 0 Å². The van der Waals surface area contributed by atoms with Crippen LogP contribution in [0.2, 0.25) is 0 Å². The summed E-state index contributed by atoms with van der Waals surface area (Å²) in [4.78, 5) is 8.28. The lowest BCUT2D eigenvalue weighted by Crippen LogP contribution is -2.33. The highest BCUT2D eigenvalue weighted by molar-refractivity contribution is 5.87. The van der Waals surface area contributed by atoms with Gasteiger partial charge in [0.15, 0.2) is 6.23 Å². The smallest absolute Gasteiger partial charge is 0.164 e. The molecule has 20 heavy (non-hydrogen) atoms. The molecule has 1 aliphatic heterocycles. The van der Waals surface area contributed by atoms with E-state index < -0.39 is 24.5 Å². The first-order valence-corrected chi connectivity index (χ1v) is 6.29. The summed E-state index contributed by atoms with van der Waals surface area (Å²) in [5, 5.41) is 32.7. The fraction of sp³-hybridized carbons (Fsp3) is 0.500. The van der Waals surface area contributed by atoms with Gasteiger partial charge >= 0.3 is 0 Å². The first kappa shape index (κ1) is 13.3. The largest absolute Gasteiger partial charge is 0.394 e. The van der Waals surface area contributed by atoms with Crippen molar-refractivity contribution in [2.75, 3.05) is 19.0 Å². The number of fused-ring (bicyclic) bond motifs is 1. The molecular weight excluding hydrogens is 264 g/mol. The molecule has 0 aromatic carbocycles. The number of hydrogen-bond acceptors (Lipinski definition) is 7. The Morgan fingerprint density at radius 1 is 1.35 bits per heavy atom. The average Bonchev–Trinajstić information content (AvgIpc) is 3.01. The first-order chi connectivity index (χ1) is 9.67. The van der Waals surface area contributed by atoms with Crippen molar-refractivity contribution in [1.29, 1.82) is 0 Å². The molecule has 1 aliphatic rings. The van der Waals surface area contributed by atoms with Crippen LogP contribution < -0.4 is 5.32 Å². The Hall–Kier alpha value is -1.74. The van der Waals surface area contributed by atoms with Crippen LogP contribution in [0, 0.1) is 0 Å². The third-order valence-corrected chi connectivity index (χ3v) is 3.54. The van der Waals surface area contributed by atoms with Gasteiger partial charge in [0.25, 0.3) is 0 Å². The van der Waals surface area contributed by atoms with Crippen molar-refractivity contribution in [2.45, 2.75) is 24.5 Å². The van der Waals surface area contributed by atoms with Gasteiger partial charge in [-0.3, -0.25) is 0 Å². The zero-order valence-electron chi connectivity index (χ0n) is 10.8. The highest BCUT2D eigenvalue weighted by Gasteiger charge is 2.43. The molecule has 2 aromatic heterocycles. The summed E-state index contributed by atoms with van der Waals surface area (Å²) in [6.07, 6.45) is -0.743. The second-order valence-electron chi connectivity index (χ2n) is 4.66. The van der Waals surface area contributed by atoms with Crippen LogP contribution in [0.15, 0.2) is 18.6 Å². The van der Waals surface area contributed by atoms with Crippen LogP contribution in [0.1, 0.15) is 6.23 Å². The molecule has 0 radical (unpaired) electrons. The number of aliphatic hydroxyl groups is 3. The molecule has 0 saturated carbocycles. The lowest BCUT2D eigenvalue weighted by molar-refractivity contribution is -0.0508. The van der Waals surface area contributed by atoms with Crippen LogP contribution in [-0.2, 0) is 4.74 Å². The highest BCUT2D eigenvalue weighted by atomic mass is 16.6. The molecule has 0 spiro atoms. The maximum absolute atomic E-state index is 10.1. The third kappa shape index (κ3) is 1.85. The predicted octanol–water partition coefficient (Wildman–Crippen LogP) is -0.916. The number of rotatable bonds is 3. The van der Waals surface area contributed by atoms with Gasteiger partial charge in [-0.1, -0.05) is 0 Å². The molecule has 1 fully saturated rings. The van der Waals surface area contributed by atoms with Gasteiger partial charge in [0, 0.05) is 13.2 Å². The van der Waals surface area contributed by atoms with Crippen LogP contribution >= 0.6 is 0 Å². The third-order valence-electron chi connectivity index (χ3n) is 3.54. The molecule has 2 aromatic rings.